The van der Waals surface area contributed by atoms with Gasteiger partial charge in [0.15, 0.2) is 5.82 Å². The van der Waals surface area contributed by atoms with Gasteiger partial charge in [-0.1, -0.05) is 50.6 Å². The van der Waals surface area contributed by atoms with Gasteiger partial charge < -0.3 is 15.2 Å². The Labute approximate surface area is 242 Å². The molecule has 0 saturated carbocycles. The predicted molar refractivity (Wildman–Crippen MR) is 173 cm³/mol. The summed E-state index contributed by atoms with van der Waals surface area (Å²) in [5.41, 5.74) is 7.36. The summed E-state index contributed by atoms with van der Waals surface area (Å²) in [6.07, 6.45) is 13.9. The molecule has 0 aliphatic rings. The van der Waals surface area contributed by atoms with Crippen LogP contribution in [0.15, 0.2) is 90.9 Å². The molecule has 0 atom stereocenters. The summed E-state index contributed by atoms with van der Waals surface area (Å²) >= 11 is 1.73. The van der Waals surface area contributed by atoms with Gasteiger partial charge in [-0.25, -0.2) is 4.98 Å². The van der Waals surface area contributed by atoms with Crippen molar-refractivity contribution in [2.24, 2.45) is 0 Å². The monoisotopic (exact) mass is 552 g/mol. The number of nitrogens with zero attached hydrogens (tertiary/aromatic N) is 3. The fraction of sp³-hybridized carbons (Fsp3) is 0.212. The molecule has 0 radical (unpaired) electrons. The van der Waals surface area contributed by atoms with Crippen LogP contribution in [0.1, 0.15) is 35.0 Å². The highest BCUT2D eigenvalue weighted by atomic mass is 32.1. The van der Waals surface area contributed by atoms with Gasteiger partial charge in [-0.05, 0) is 83.3 Å². The molecule has 0 unspecified atom stereocenters. The minimum atomic E-state index is 0.676. The summed E-state index contributed by atoms with van der Waals surface area (Å²) in [4.78, 5) is 12.9. The van der Waals surface area contributed by atoms with Crippen LogP contribution in [0.5, 0.6) is 0 Å². The van der Waals surface area contributed by atoms with Crippen molar-refractivity contribution in [3.8, 4) is 11.5 Å². The van der Waals surface area contributed by atoms with Gasteiger partial charge in [0.2, 0.25) is 0 Å². The van der Waals surface area contributed by atoms with Gasteiger partial charge in [0, 0.05) is 44.2 Å². The highest BCUT2D eigenvalue weighted by Crippen LogP contribution is 2.31. The molecule has 7 heteroatoms. The summed E-state index contributed by atoms with van der Waals surface area (Å²) in [6, 6.07) is 4.24. The Kier molecular flexibility index (Phi) is 10.4. The van der Waals surface area contributed by atoms with Crippen LogP contribution in [0.3, 0.4) is 0 Å². The molecule has 3 aromatic rings. The SMILES string of the molecule is C=C/C=C(/c1ccc(C)s1)c1nc(-c2n[nH]c(=C)\c2=C/C(=C\C)C(/C=C(\C=C)NC(=C)CN(C)C)=C/C)[nH]c1C. The van der Waals surface area contributed by atoms with Crippen molar-refractivity contribution < 1.29 is 0 Å². The number of aryl methyl sites for hydroxylation is 2. The van der Waals surface area contributed by atoms with Gasteiger partial charge in [-0.2, -0.15) is 5.10 Å². The van der Waals surface area contributed by atoms with Crippen molar-refractivity contribution in [2.75, 3.05) is 20.6 Å². The average Bonchev–Trinajstić information content (AvgIpc) is 3.61. The maximum absolute atomic E-state index is 5.00. The van der Waals surface area contributed by atoms with Gasteiger partial charge in [0.25, 0.3) is 0 Å². The lowest BCUT2D eigenvalue weighted by Gasteiger charge is -2.15. The number of nitrogens with one attached hydrogen (secondary N) is 3. The summed E-state index contributed by atoms with van der Waals surface area (Å²) in [5, 5.41) is 12.6. The first-order valence-corrected chi connectivity index (χ1v) is 13.9. The molecule has 3 heterocycles. The van der Waals surface area contributed by atoms with E-state index in [1.54, 1.807) is 23.5 Å². The smallest absolute Gasteiger partial charge is 0.159 e. The Hall–Kier alpha value is -4.20. The molecular weight excluding hydrogens is 512 g/mol. The van der Waals surface area contributed by atoms with Crippen molar-refractivity contribution in [1.82, 2.24) is 30.4 Å². The number of H-pyrrole nitrogens is 2. The summed E-state index contributed by atoms with van der Waals surface area (Å²) < 4.78 is 0. The van der Waals surface area contributed by atoms with E-state index in [1.807, 2.05) is 40.9 Å². The number of thiophene rings is 1. The van der Waals surface area contributed by atoms with Gasteiger partial charge in [-0.15, -0.1) is 11.3 Å². The third kappa shape index (κ3) is 7.25. The number of rotatable bonds is 12. The van der Waals surface area contributed by atoms with Gasteiger partial charge in [0.05, 0.1) is 11.0 Å². The molecule has 3 N–H and O–H groups in total. The van der Waals surface area contributed by atoms with Crippen molar-refractivity contribution in [2.45, 2.75) is 27.7 Å². The second-order valence-corrected chi connectivity index (χ2v) is 10.9. The summed E-state index contributed by atoms with van der Waals surface area (Å²) in [5.74, 6) is 0.676. The predicted octanol–water partition coefficient (Wildman–Crippen LogP) is 5.91. The molecule has 0 aromatic carbocycles. The van der Waals surface area contributed by atoms with E-state index in [0.29, 0.717) is 16.9 Å². The second-order valence-electron chi connectivity index (χ2n) is 9.65. The second kappa shape index (κ2) is 13.7. The molecule has 0 amide bonds. The molecule has 0 bridgehead atoms. The highest BCUT2D eigenvalue weighted by molar-refractivity contribution is 7.13. The fourth-order valence-electron chi connectivity index (χ4n) is 4.29. The van der Waals surface area contributed by atoms with Crippen LogP contribution in [-0.2, 0) is 0 Å². The molecular formula is C33H40N6S. The Morgan fingerprint density at radius 1 is 1.12 bits per heavy atom. The van der Waals surface area contributed by atoms with Crippen LogP contribution >= 0.6 is 11.3 Å². The lowest BCUT2D eigenvalue weighted by Crippen LogP contribution is -2.23. The molecule has 3 rings (SSSR count). The average molecular weight is 553 g/mol. The van der Waals surface area contributed by atoms with Crippen molar-refractivity contribution in [1.29, 1.82) is 0 Å². The maximum Gasteiger partial charge on any atom is 0.159 e. The molecule has 0 spiro atoms. The van der Waals surface area contributed by atoms with E-state index in [1.165, 1.54) is 4.88 Å². The van der Waals surface area contributed by atoms with Crippen molar-refractivity contribution in [3.63, 3.8) is 0 Å². The van der Waals surface area contributed by atoms with Crippen LogP contribution in [0.4, 0.5) is 0 Å². The first-order valence-electron chi connectivity index (χ1n) is 13.1. The molecule has 6 nitrogen and oxygen atoms in total. The minimum absolute atomic E-state index is 0.676. The third-order valence-electron chi connectivity index (χ3n) is 6.15. The Morgan fingerprint density at radius 2 is 1.85 bits per heavy atom. The number of aromatic nitrogens is 4. The van der Waals surface area contributed by atoms with E-state index >= 15 is 0 Å². The standard InChI is InChI=1S/C33H40N6S/c1-11-15-28(30-17-16-22(6)40-30)31-24(8)35-33(36-31)32-29(23(7)37-38-32)19-26(13-3)25(12-2)18-27(14-4)34-21(5)20-39(9)10/h11-19,34,37H,1,4-5,7,20H2,2-3,6,8-10H3,(H,35,36)/b25-12+,26-13+,27-18+,28-15-,29-19+. The van der Waals surface area contributed by atoms with Crippen LogP contribution in [0, 0.1) is 13.8 Å². The van der Waals surface area contributed by atoms with Crippen molar-refractivity contribution in [3.05, 3.63) is 123 Å². The van der Waals surface area contributed by atoms with Crippen LogP contribution < -0.4 is 15.9 Å². The van der Waals surface area contributed by atoms with Crippen molar-refractivity contribution >= 4 is 29.6 Å². The zero-order valence-corrected chi connectivity index (χ0v) is 25.3. The van der Waals surface area contributed by atoms with Gasteiger partial charge in [-0.3, -0.25) is 5.10 Å². The zero-order valence-electron chi connectivity index (χ0n) is 24.5. The Morgan fingerprint density at radius 3 is 2.42 bits per heavy atom. The largest absolute Gasteiger partial charge is 0.358 e. The lowest BCUT2D eigenvalue weighted by atomic mass is 10.0. The Bertz CT molecular complexity index is 1630. The van der Waals surface area contributed by atoms with E-state index in [0.717, 1.165) is 56.1 Å². The maximum atomic E-state index is 5.00. The number of aromatic amines is 2. The number of allylic oxidation sites excluding steroid dienone is 8. The topological polar surface area (TPSA) is 72.6 Å². The van der Waals surface area contributed by atoms with Gasteiger partial charge >= 0.3 is 0 Å². The molecule has 3 aromatic heterocycles. The zero-order chi connectivity index (χ0) is 29.4. The molecule has 208 valence electrons. The summed E-state index contributed by atoms with van der Waals surface area (Å²) in [7, 11) is 4.02. The first-order chi connectivity index (χ1) is 19.1. The van der Waals surface area contributed by atoms with Crippen LogP contribution in [0.2, 0.25) is 0 Å². The fourth-order valence-corrected chi connectivity index (χ4v) is 5.19. The highest BCUT2D eigenvalue weighted by Gasteiger charge is 2.17. The van der Waals surface area contributed by atoms with Crippen LogP contribution in [-0.4, -0.2) is 45.7 Å². The van der Waals surface area contributed by atoms with Crippen LogP contribution in [0.25, 0.3) is 29.7 Å². The van der Waals surface area contributed by atoms with E-state index in [2.05, 4.69) is 95.1 Å². The number of imidazole rings is 1. The molecule has 40 heavy (non-hydrogen) atoms. The number of likely N-dealkylation sites (N-methyl/N-ethyl adjacent to an activating group) is 1. The normalized spacial score (nSPS) is 13.7. The lowest BCUT2D eigenvalue weighted by molar-refractivity contribution is 0.438. The molecule has 0 saturated heterocycles. The number of hydrogen-bond acceptors (Lipinski definition) is 5. The van der Waals surface area contributed by atoms with E-state index in [9.17, 15) is 0 Å². The minimum Gasteiger partial charge on any atom is -0.358 e. The van der Waals surface area contributed by atoms with Gasteiger partial charge in [0.1, 0.15) is 5.69 Å². The first kappa shape index (κ1) is 30.3. The summed E-state index contributed by atoms with van der Waals surface area (Å²) in [6.45, 7) is 25.1. The quantitative estimate of drug-likeness (QED) is 0.244. The molecule has 0 fully saturated rings. The third-order valence-corrected chi connectivity index (χ3v) is 7.19. The van der Waals surface area contributed by atoms with E-state index < -0.39 is 0 Å². The molecule has 0 aliphatic heterocycles. The Balaban J connectivity index is 2.05. The molecule has 0 aliphatic carbocycles. The van der Waals surface area contributed by atoms with E-state index in [4.69, 9.17) is 4.98 Å². The van der Waals surface area contributed by atoms with E-state index in [-0.39, 0.29) is 0 Å². The number of hydrogen-bond donors (Lipinski definition) is 3.